The van der Waals surface area contributed by atoms with Gasteiger partial charge in [-0.2, -0.15) is 13.2 Å². The van der Waals surface area contributed by atoms with Crippen LogP contribution in [0.25, 0.3) is 0 Å². The molecule has 2 N–H and O–H groups in total. The third-order valence-corrected chi connectivity index (χ3v) is 5.81. The number of halogens is 3. The van der Waals surface area contributed by atoms with Crippen LogP contribution in [-0.4, -0.2) is 29.2 Å². The summed E-state index contributed by atoms with van der Waals surface area (Å²) >= 11 is 0. The zero-order valence-electron chi connectivity index (χ0n) is 12.9. The van der Waals surface area contributed by atoms with E-state index >= 15 is 0 Å². The topological polar surface area (TPSA) is 66.4 Å². The van der Waals surface area contributed by atoms with E-state index in [0.29, 0.717) is 17.8 Å². The fraction of sp³-hybridized carbons (Fsp3) is 0.875. The maximum Gasteiger partial charge on any atom is 0.409 e. The van der Waals surface area contributed by atoms with Crippen LogP contribution in [0.5, 0.6) is 0 Å². The predicted octanol–water partition coefficient (Wildman–Crippen LogP) is 3.11. The summed E-state index contributed by atoms with van der Waals surface area (Å²) in [5, 5.41) is 10.5. The van der Waals surface area contributed by atoms with Crippen LogP contribution in [0, 0.1) is 23.2 Å². The van der Waals surface area contributed by atoms with Crippen LogP contribution in [0.3, 0.4) is 0 Å². The van der Waals surface area contributed by atoms with Gasteiger partial charge in [-0.15, -0.1) is 0 Å². The summed E-state index contributed by atoms with van der Waals surface area (Å²) in [4.78, 5) is 22.8. The van der Waals surface area contributed by atoms with Gasteiger partial charge < -0.3 is 10.4 Å². The van der Waals surface area contributed by atoms with Gasteiger partial charge in [0.15, 0.2) is 0 Å². The molecule has 4 aliphatic carbocycles. The molecular weight excluding hydrogens is 311 g/mol. The molecule has 23 heavy (non-hydrogen) atoms. The number of carbonyl (C=O) groups excluding carboxylic acids is 1. The van der Waals surface area contributed by atoms with Gasteiger partial charge in [0, 0.05) is 6.42 Å². The number of carboxylic acids is 1. The van der Waals surface area contributed by atoms with Crippen LogP contribution >= 0.6 is 0 Å². The highest BCUT2D eigenvalue weighted by molar-refractivity contribution is 5.78. The number of nitrogens with one attached hydrogen (secondary N) is 1. The molecular formula is C16H22F3NO3. The Bertz CT molecular complexity index is 468. The number of carboxylic acid groups (broad SMARTS) is 1. The zero-order valence-corrected chi connectivity index (χ0v) is 12.9. The Kier molecular flexibility index (Phi) is 4.09. The molecule has 1 amide bonds. The molecule has 0 aliphatic heterocycles. The second-order valence-electron chi connectivity index (χ2n) is 7.85. The number of carbonyl (C=O) groups is 2. The van der Waals surface area contributed by atoms with E-state index < -0.39 is 30.5 Å². The van der Waals surface area contributed by atoms with Gasteiger partial charge in [-0.25, -0.2) is 0 Å². The van der Waals surface area contributed by atoms with E-state index in [9.17, 15) is 22.8 Å². The number of aliphatic carboxylic acids is 1. The fourth-order valence-corrected chi connectivity index (χ4v) is 5.52. The minimum Gasteiger partial charge on any atom is -0.481 e. The highest BCUT2D eigenvalue weighted by atomic mass is 19.4. The highest BCUT2D eigenvalue weighted by Gasteiger charge is 2.52. The Morgan fingerprint density at radius 1 is 1.09 bits per heavy atom. The molecule has 0 heterocycles. The van der Waals surface area contributed by atoms with Gasteiger partial charge in [0.25, 0.3) is 0 Å². The van der Waals surface area contributed by atoms with E-state index in [-0.39, 0.29) is 11.8 Å². The van der Waals surface area contributed by atoms with Crippen molar-refractivity contribution in [2.24, 2.45) is 23.2 Å². The molecule has 130 valence electrons. The molecule has 1 atom stereocenters. The molecule has 0 unspecified atom stereocenters. The largest absolute Gasteiger partial charge is 0.481 e. The molecule has 4 fully saturated rings. The van der Waals surface area contributed by atoms with Gasteiger partial charge in [0.05, 0.1) is 6.42 Å². The minimum absolute atomic E-state index is 0.0999. The summed E-state index contributed by atoms with van der Waals surface area (Å²) in [6.07, 6.45) is 0.627. The lowest BCUT2D eigenvalue weighted by Crippen LogP contribution is -2.51. The average molecular weight is 333 g/mol. The zero-order chi connectivity index (χ0) is 16.8. The molecule has 4 bridgehead atoms. The van der Waals surface area contributed by atoms with E-state index in [0.717, 1.165) is 19.3 Å². The van der Waals surface area contributed by atoms with Crippen molar-refractivity contribution in [2.45, 2.75) is 63.6 Å². The van der Waals surface area contributed by atoms with Crippen molar-refractivity contribution in [1.29, 1.82) is 0 Å². The molecule has 4 aliphatic rings. The van der Waals surface area contributed by atoms with Gasteiger partial charge in [-0.3, -0.25) is 9.59 Å². The lowest BCUT2D eigenvalue weighted by atomic mass is 9.49. The van der Waals surface area contributed by atoms with Crippen LogP contribution in [0.1, 0.15) is 51.4 Å². The molecule has 0 radical (unpaired) electrons. The van der Waals surface area contributed by atoms with Gasteiger partial charge >= 0.3 is 12.1 Å². The third kappa shape index (κ3) is 3.63. The summed E-state index contributed by atoms with van der Waals surface area (Å²) < 4.78 is 38.6. The highest BCUT2D eigenvalue weighted by Crippen LogP contribution is 2.61. The summed E-state index contributed by atoms with van der Waals surface area (Å²) in [7, 11) is 0. The number of amides is 1. The van der Waals surface area contributed by atoms with E-state index in [1.807, 2.05) is 5.32 Å². The summed E-state index contributed by atoms with van der Waals surface area (Å²) in [6.45, 7) is 0. The molecule has 4 rings (SSSR count). The van der Waals surface area contributed by atoms with Gasteiger partial charge in [0.1, 0.15) is 6.04 Å². The number of alkyl halides is 3. The van der Waals surface area contributed by atoms with Crippen molar-refractivity contribution in [3.8, 4) is 0 Å². The van der Waals surface area contributed by atoms with E-state index in [1.54, 1.807) is 0 Å². The van der Waals surface area contributed by atoms with Crippen molar-refractivity contribution in [2.75, 3.05) is 0 Å². The standard InChI is InChI=1S/C16H22F3NO3/c17-16(18,19)12(4-14(22)23)20-13(21)8-15-5-9-1-10(6-15)3-11(2-9)7-15/h9-12H,1-8H2,(H,20,21)(H,22,23)/t9?,10?,11?,12-,15?/m1/s1. The molecule has 4 saturated carbocycles. The molecule has 0 spiro atoms. The lowest BCUT2D eigenvalue weighted by Gasteiger charge is -2.56. The first-order chi connectivity index (χ1) is 10.7. The fourth-order valence-electron chi connectivity index (χ4n) is 5.52. The first-order valence-corrected chi connectivity index (χ1v) is 8.23. The summed E-state index contributed by atoms with van der Waals surface area (Å²) in [5.74, 6) is -0.373. The van der Waals surface area contributed by atoms with Crippen LogP contribution in [-0.2, 0) is 9.59 Å². The molecule has 0 aromatic rings. The Labute approximate surface area is 132 Å². The van der Waals surface area contributed by atoms with Gasteiger partial charge in [-0.1, -0.05) is 0 Å². The van der Waals surface area contributed by atoms with Gasteiger partial charge in [-0.05, 0) is 61.7 Å². The normalized spacial score (nSPS) is 36.7. The smallest absolute Gasteiger partial charge is 0.409 e. The second-order valence-corrected chi connectivity index (χ2v) is 7.85. The lowest BCUT2D eigenvalue weighted by molar-refractivity contribution is -0.171. The molecule has 7 heteroatoms. The van der Waals surface area contributed by atoms with Crippen LogP contribution in [0.2, 0.25) is 0 Å². The van der Waals surface area contributed by atoms with Crippen molar-refractivity contribution < 1.29 is 27.9 Å². The average Bonchev–Trinajstić information content (AvgIpc) is 2.33. The molecule has 0 saturated heterocycles. The van der Waals surface area contributed by atoms with Crippen LogP contribution in [0.15, 0.2) is 0 Å². The van der Waals surface area contributed by atoms with E-state index in [1.165, 1.54) is 19.3 Å². The van der Waals surface area contributed by atoms with E-state index in [4.69, 9.17) is 5.11 Å². The number of hydrogen-bond acceptors (Lipinski definition) is 2. The molecule has 0 aromatic heterocycles. The quantitative estimate of drug-likeness (QED) is 0.812. The van der Waals surface area contributed by atoms with Crippen molar-refractivity contribution in [3.63, 3.8) is 0 Å². The minimum atomic E-state index is -4.74. The molecule has 4 nitrogen and oxygen atoms in total. The Hall–Kier alpha value is -1.27. The maximum absolute atomic E-state index is 12.9. The van der Waals surface area contributed by atoms with E-state index in [2.05, 4.69) is 0 Å². The van der Waals surface area contributed by atoms with Crippen molar-refractivity contribution in [1.82, 2.24) is 5.32 Å². The predicted molar refractivity (Wildman–Crippen MR) is 75.5 cm³/mol. The van der Waals surface area contributed by atoms with Crippen molar-refractivity contribution in [3.05, 3.63) is 0 Å². The number of hydrogen-bond donors (Lipinski definition) is 2. The molecule has 0 aromatic carbocycles. The third-order valence-electron chi connectivity index (χ3n) is 5.81. The first-order valence-electron chi connectivity index (χ1n) is 8.23. The van der Waals surface area contributed by atoms with Crippen LogP contribution < -0.4 is 5.32 Å². The van der Waals surface area contributed by atoms with Crippen LogP contribution in [0.4, 0.5) is 13.2 Å². The Morgan fingerprint density at radius 3 is 1.96 bits per heavy atom. The SMILES string of the molecule is O=C(O)C[C@@H](NC(=O)CC12CC3CC(CC(C3)C1)C2)C(F)(F)F. The number of rotatable bonds is 5. The summed E-state index contributed by atoms with van der Waals surface area (Å²) in [5.41, 5.74) is -0.155. The van der Waals surface area contributed by atoms with Gasteiger partial charge in [0.2, 0.25) is 5.91 Å². The van der Waals surface area contributed by atoms with Crippen molar-refractivity contribution >= 4 is 11.9 Å². The Morgan fingerprint density at radius 2 is 1.57 bits per heavy atom. The monoisotopic (exact) mass is 333 g/mol. The first kappa shape index (κ1) is 16.6. The Balaban J connectivity index is 1.63. The second kappa shape index (κ2) is 5.67. The maximum atomic E-state index is 12.9. The summed E-state index contributed by atoms with van der Waals surface area (Å²) in [6, 6.07) is -2.30.